The predicted octanol–water partition coefficient (Wildman–Crippen LogP) is 2.79. The first-order valence-corrected chi connectivity index (χ1v) is 7.34. The van der Waals surface area contributed by atoms with Crippen molar-refractivity contribution >= 4 is 11.6 Å². The van der Waals surface area contributed by atoms with E-state index in [4.69, 9.17) is 16.3 Å². The van der Waals surface area contributed by atoms with Crippen LogP contribution in [0.4, 0.5) is 0 Å². The molecule has 0 atom stereocenters. The minimum absolute atomic E-state index is 0.418. The number of hydrogen-bond acceptors (Lipinski definition) is 3. The first kappa shape index (κ1) is 13.8. The van der Waals surface area contributed by atoms with E-state index < -0.39 is 0 Å². The van der Waals surface area contributed by atoms with E-state index >= 15 is 0 Å². The van der Waals surface area contributed by atoms with Crippen LogP contribution in [-0.2, 0) is 23.6 Å². The van der Waals surface area contributed by atoms with Gasteiger partial charge in [0.25, 0.3) is 0 Å². The molecular weight excluding hydrogens is 250 g/mol. The predicted molar refractivity (Wildman–Crippen MR) is 71.7 cm³/mol. The van der Waals surface area contributed by atoms with Gasteiger partial charge in [-0.05, 0) is 5.92 Å². The van der Waals surface area contributed by atoms with Crippen LogP contribution in [0.3, 0.4) is 0 Å². The third-order valence-corrected chi connectivity index (χ3v) is 3.98. The van der Waals surface area contributed by atoms with Crippen molar-refractivity contribution in [1.29, 1.82) is 0 Å². The molecule has 0 N–H and O–H groups in total. The van der Waals surface area contributed by atoms with Gasteiger partial charge in [0.15, 0.2) is 0 Å². The maximum atomic E-state index is 5.90. The SMILES string of the molecule is COCCn1c(CCl)nnc1CC1CCCCC1. The molecule has 18 heavy (non-hydrogen) atoms. The fraction of sp³-hybridized carbons (Fsp3) is 0.846. The van der Waals surface area contributed by atoms with Gasteiger partial charge in [0.05, 0.1) is 12.5 Å². The standard InChI is InChI=1S/C13H22ClN3O/c1-18-8-7-17-12(15-16-13(17)10-14)9-11-5-3-2-4-6-11/h11H,2-10H2,1H3. The van der Waals surface area contributed by atoms with Gasteiger partial charge in [0.2, 0.25) is 0 Å². The van der Waals surface area contributed by atoms with E-state index in [0.29, 0.717) is 12.5 Å². The molecule has 4 nitrogen and oxygen atoms in total. The number of rotatable bonds is 6. The van der Waals surface area contributed by atoms with Crippen molar-refractivity contribution < 1.29 is 4.74 Å². The quantitative estimate of drug-likeness (QED) is 0.747. The van der Waals surface area contributed by atoms with Crippen molar-refractivity contribution in [3.63, 3.8) is 0 Å². The van der Waals surface area contributed by atoms with E-state index in [9.17, 15) is 0 Å². The fourth-order valence-electron chi connectivity index (χ4n) is 2.71. The Bertz CT molecular complexity index is 361. The second kappa shape index (κ2) is 7.10. The molecule has 1 aromatic rings. The molecule has 1 heterocycles. The molecule has 1 aromatic heterocycles. The Morgan fingerprint density at radius 2 is 1.94 bits per heavy atom. The fourth-order valence-corrected chi connectivity index (χ4v) is 2.91. The van der Waals surface area contributed by atoms with Crippen molar-refractivity contribution in [2.45, 2.75) is 50.9 Å². The molecule has 1 aliphatic carbocycles. The smallest absolute Gasteiger partial charge is 0.148 e. The lowest BCUT2D eigenvalue weighted by Crippen LogP contribution is -2.16. The summed E-state index contributed by atoms with van der Waals surface area (Å²) in [4.78, 5) is 0. The highest BCUT2D eigenvalue weighted by molar-refractivity contribution is 6.16. The third-order valence-electron chi connectivity index (χ3n) is 3.74. The third kappa shape index (κ3) is 3.45. The van der Waals surface area contributed by atoms with E-state index in [-0.39, 0.29) is 0 Å². The van der Waals surface area contributed by atoms with E-state index in [1.807, 2.05) is 0 Å². The molecule has 0 aromatic carbocycles. The summed E-state index contributed by atoms with van der Waals surface area (Å²) in [6, 6.07) is 0. The molecule has 0 bridgehead atoms. The Hall–Kier alpha value is -0.610. The van der Waals surface area contributed by atoms with Gasteiger partial charge >= 0.3 is 0 Å². The minimum atomic E-state index is 0.418. The highest BCUT2D eigenvalue weighted by atomic mass is 35.5. The van der Waals surface area contributed by atoms with Gasteiger partial charge in [-0.3, -0.25) is 0 Å². The molecule has 102 valence electrons. The summed E-state index contributed by atoms with van der Waals surface area (Å²) in [6.07, 6.45) is 7.80. The molecular formula is C13H22ClN3O. The van der Waals surface area contributed by atoms with Gasteiger partial charge in [-0.15, -0.1) is 21.8 Å². The average Bonchev–Trinajstić information content (AvgIpc) is 2.79. The number of nitrogens with zero attached hydrogens (tertiary/aromatic N) is 3. The Balaban J connectivity index is 2.03. The number of aromatic nitrogens is 3. The van der Waals surface area contributed by atoms with E-state index in [0.717, 1.165) is 30.5 Å². The molecule has 0 radical (unpaired) electrons. The summed E-state index contributed by atoms with van der Waals surface area (Å²) < 4.78 is 7.27. The zero-order valence-electron chi connectivity index (χ0n) is 11.1. The number of methoxy groups -OCH3 is 1. The van der Waals surface area contributed by atoms with Crippen LogP contribution in [0.25, 0.3) is 0 Å². The van der Waals surface area contributed by atoms with Crippen LogP contribution in [0.15, 0.2) is 0 Å². The van der Waals surface area contributed by atoms with Crippen molar-refractivity contribution in [3.05, 3.63) is 11.6 Å². The lowest BCUT2D eigenvalue weighted by molar-refractivity contribution is 0.185. The van der Waals surface area contributed by atoms with Crippen LogP contribution < -0.4 is 0 Å². The lowest BCUT2D eigenvalue weighted by Gasteiger charge is -2.21. The lowest BCUT2D eigenvalue weighted by atomic mass is 9.87. The van der Waals surface area contributed by atoms with Gasteiger partial charge in [0.1, 0.15) is 11.6 Å². The van der Waals surface area contributed by atoms with E-state index in [1.165, 1.54) is 32.1 Å². The van der Waals surface area contributed by atoms with Crippen molar-refractivity contribution in [3.8, 4) is 0 Å². The molecule has 0 unspecified atom stereocenters. The minimum Gasteiger partial charge on any atom is -0.383 e. The molecule has 1 fully saturated rings. The van der Waals surface area contributed by atoms with Crippen molar-refractivity contribution in [1.82, 2.24) is 14.8 Å². The largest absolute Gasteiger partial charge is 0.383 e. The topological polar surface area (TPSA) is 39.9 Å². The summed E-state index contributed by atoms with van der Waals surface area (Å²) in [5.41, 5.74) is 0. The number of alkyl halides is 1. The molecule has 1 aliphatic rings. The Labute approximate surface area is 114 Å². The molecule has 0 amide bonds. The van der Waals surface area contributed by atoms with Crippen LogP contribution >= 0.6 is 11.6 Å². The summed E-state index contributed by atoms with van der Waals surface area (Å²) in [7, 11) is 1.71. The Kier molecular flexibility index (Phi) is 5.45. The Morgan fingerprint density at radius 1 is 1.22 bits per heavy atom. The van der Waals surface area contributed by atoms with Gasteiger partial charge in [-0.2, -0.15) is 0 Å². The van der Waals surface area contributed by atoms with Gasteiger partial charge in [-0.1, -0.05) is 32.1 Å². The maximum absolute atomic E-state index is 5.90. The normalized spacial score (nSPS) is 17.2. The maximum Gasteiger partial charge on any atom is 0.148 e. The monoisotopic (exact) mass is 271 g/mol. The van der Waals surface area contributed by atoms with Crippen LogP contribution in [0, 0.1) is 5.92 Å². The second-order valence-corrected chi connectivity index (χ2v) is 5.29. The van der Waals surface area contributed by atoms with Crippen LogP contribution in [-0.4, -0.2) is 28.5 Å². The van der Waals surface area contributed by atoms with E-state index in [2.05, 4.69) is 14.8 Å². The highest BCUT2D eigenvalue weighted by Gasteiger charge is 2.18. The van der Waals surface area contributed by atoms with E-state index in [1.54, 1.807) is 7.11 Å². The summed E-state index contributed by atoms with van der Waals surface area (Å²) >= 11 is 5.90. The van der Waals surface area contributed by atoms with Gasteiger partial charge in [-0.25, -0.2) is 0 Å². The van der Waals surface area contributed by atoms with Crippen LogP contribution in [0.2, 0.25) is 0 Å². The molecule has 5 heteroatoms. The molecule has 0 aliphatic heterocycles. The molecule has 0 spiro atoms. The number of halogens is 1. The van der Waals surface area contributed by atoms with Crippen LogP contribution in [0.5, 0.6) is 0 Å². The number of ether oxygens (including phenoxy) is 1. The van der Waals surface area contributed by atoms with Gasteiger partial charge < -0.3 is 9.30 Å². The second-order valence-electron chi connectivity index (χ2n) is 5.02. The summed E-state index contributed by atoms with van der Waals surface area (Å²) in [5, 5.41) is 8.49. The van der Waals surface area contributed by atoms with Gasteiger partial charge in [0, 0.05) is 20.1 Å². The zero-order valence-corrected chi connectivity index (χ0v) is 11.8. The van der Waals surface area contributed by atoms with Crippen molar-refractivity contribution in [2.75, 3.05) is 13.7 Å². The Morgan fingerprint density at radius 3 is 2.61 bits per heavy atom. The van der Waals surface area contributed by atoms with Crippen molar-refractivity contribution in [2.24, 2.45) is 5.92 Å². The summed E-state index contributed by atoms with van der Waals surface area (Å²) in [6.45, 7) is 1.48. The first-order valence-electron chi connectivity index (χ1n) is 6.81. The summed E-state index contributed by atoms with van der Waals surface area (Å²) in [5.74, 6) is 3.13. The molecule has 0 saturated heterocycles. The van der Waals surface area contributed by atoms with Crippen LogP contribution in [0.1, 0.15) is 43.8 Å². The zero-order chi connectivity index (χ0) is 12.8. The first-order chi connectivity index (χ1) is 8.85. The molecule has 1 saturated carbocycles. The highest BCUT2D eigenvalue weighted by Crippen LogP contribution is 2.26. The molecule has 2 rings (SSSR count). The number of hydrogen-bond donors (Lipinski definition) is 0. The average molecular weight is 272 g/mol.